The van der Waals surface area contributed by atoms with Crippen molar-refractivity contribution in [2.24, 2.45) is 0 Å². The molecule has 0 saturated carbocycles. The van der Waals surface area contributed by atoms with Gasteiger partial charge in [0.15, 0.2) is 0 Å². The number of rotatable bonds is 5. The number of hydrogen-bond donors (Lipinski definition) is 0. The zero-order valence-electron chi connectivity index (χ0n) is 18.6. The fraction of sp³-hybridized carbons (Fsp3) is 0.348. The zero-order chi connectivity index (χ0) is 22.1. The number of hydrogen-bond acceptors (Lipinski definition) is 6. The average Bonchev–Trinajstić information content (AvgIpc) is 3.14. The van der Waals surface area contributed by atoms with E-state index in [-0.39, 0.29) is 17.1 Å². The van der Waals surface area contributed by atoms with Crippen molar-refractivity contribution in [3.8, 4) is 28.6 Å². The van der Waals surface area contributed by atoms with Crippen molar-refractivity contribution in [2.45, 2.75) is 45.8 Å². The molecule has 1 aromatic heterocycles. The number of ether oxygens (including phenoxy) is 1. The average molecular weight is 425 g/mol. The van der Waals surface area contributed by atoms with Gasteiger partial charge in [-0.3, -0.25) is 4.52 Å². The van der Waals surface area contributed by atoms with Crippen LogP contribution in [0.25, 0.3) is 22.5 Å². The first-order valence-electron chi connectivity index (χ1n) is 9.84. The minimum atomic E-state index is -2.04. The minimum absolute atomic E-state index is 0.0449. The molecule has 0 spiro atoms. The molecule has 30 heavy (non-hydrogen) atoms. The highest BCUT2D eigenvalue weighted by molar-refractivity contribution is 6.74. The van der Waals surface area contributed by atoms with E-state index in [0.29, 0.717) is 11.4 Å². The SMILES string of the molecule is COC(=O)c1ccc(-c2ccc(-c3noc(O[Si](C)(C)C(C)(C)C)n3)cc2C)cc1. The summed E-state index contributed by atoms with van der Waals surface area (Å²) >= 11 is 0. The van der Waals surface area contributed by atoms with Gasteiger partial charge in [-0.1, -0.05) is 50.2 Å². The summed E-state index contributed by atoms with van der Waals surface area (Å²) in [4.78, 5) is 16.1. The van der Waals surface area contributed by atoms with Crippen molar-refractivity contribution in [1.82, 2.24) is 10.1 Å². The molecule has 3 rings (SSSR count). The number of esters is 1. The second-order valence-corrected chi connectivity index (χ2v) is 13.6. The van der Waals surface area contributed by atoms with E-state index in [0.717, 1.165) is 22.3 Å². The Hall–Kier alpha value is -2.93. The Labute approximate surface area is 178 Å². The van der Waals surface area contributed by atoms with Gasteiger partial charge in [-0.15, -0.1) is 0 Å². The van der Waals surface area contributed by atoms with E-state index in [2.05, 4.69) is 44.0 Å². The van der Waals surface area contributed by atoms with E-state index in [1.54, 1.807) is 12.1 Å². The van der Waals surface area contributed by atoms with Gasteiger partial charge in [-0.25, -0.2) is 4.79 Å². The lowest BCUT2D eigenvalue weighted by Gasteiger charge is -2.34. The normalized spacial score (nSPS) is 12.0. The number of benzene rings is 2. The van der Waals surface area contributed by atoms with Crippen LogP contribution in [0.1, 0.15) is 36.7 Å². The molecule has 7 heteroatoms. The standard InChI is InChI=1S/C23H28N2O4Si/c1-15-14-18(20-24-22(28-25-20)29-30(6,7)23(2,3)4)12-13-19(15)16-8-10-17(11-9-16)21(26)27-5/h8-14H,1-7H3. The molecule has 1 heterocycles. The summed E-state index contributed by atoms with van der Waals surface area (Å²) < 4.78 is 16.2. The Morgan fingerprint density at radius 1 is 1.03 bits per heavy atom. The van der Waals surface area contributed by atoms with E-state index in [1.807, 2.05) is 37.3 Å². The van der Waals surface area contributed by atoms with Gasteiger partial charge < -0.3 is 9.16 Å². The molecule has 0 aliphatic rings. The summed E-state index contributed by atoms with van der Waals surface area (Å²) in [5, 5.41) is 4.14. The summed E-state index contributed by atoms with van der Waals surface area (Å²) in [6.45, 7) is 12.8. The molecule has 3 aromatic rings. The highest BCUT2D eigenvalue weighted by Gasteiger charge is 2.40. The second kappa shape index (κ2) is 8.06. The van der Waals surface area contributed by atoms with Crippen LogP contribution in [0.2, 0.25) is 18.1 Å². The molecule has 0 saturated heterocycles. The first-order valence-corrected chi connectivity index (χ1v) is 12.7. The van der Waals surface area contributed by atoms with Crippen molar-refractivity contribution < 1.29 is 18.5 Å². The maximum atomic E-state index is 11.6. The predicted molar refractivity (Wildman–Crippen MR) is 119 cm³/mol. The van der Waals surface area contributed by atoms with Crippen LogP contribution in [-0.4, -0.2) is 31.5 Å². The third-order valence-electron chi connectivity index (χ3n) is 5.66. The number of nitrogens with zero attached hydrogens (tertiary/aromatic N) is 2. The molecule has 0 unspecified atom stereocenters. The zero-order valence-corrected chi connectivity index (χ0v) is 19.6. The largest absolute Gasteiger partial charge is 0.503 e. The van der Waals surface area contributed by atoms with Crippen molar-refractivity contribution in [3.63, 3.8) is 0 Å². The van der Waals surface area contributed by atoms with Crippen LogP contribution in [0.15, 0.2) is 47.0 Å². The fourth-order valence-corrected chi connectivity index (χ4v) is 3.60. The highest BCUT2D eigenvalue weighted by Crippen LogP contribution is 2.37. The lowest BCUT2D eigenvalue weighted by Crippen LogP contribution is -2.43. The summed E-state index contributed by atoms with van der Waals surface area (Å²) in [6.07, 6.45) is 0.219. The molecule has 0 aliphatic heterocycles. The van der Waals surface area contributed by atoms with Crippen LogP contribution in [-0.2, 0) is 4.74 Å². The van der Waals surface area contributed by atoms with Crippen LogP contribution >= 0.6 is 0 Å². The van der Waals surface area contributed by atoms with Gasteiger partial charge in [0.05, 0.1) is 12.7 Å². The summed E-state index contributed by atoms with van der Waals surface area (Å²) in [6, 6.07) is 13.3. The molecule has 158 valence electrons. The number of aromatic nitrogens is 2. The van der Waals surface area contributed by atoms with E-state index >= 15 is 0 Å². The summed E-state index contributed by atoms with van der Waals surface area (Å²) in [5.41, 5.74) is 4.53. The van der Waals surface area contributed by atoms with Crippen LogP contribution in [0.4, 0.5) is 0 Å². The van der Waals surface area contributed by atoms with Crippen molar-refractivity contribution in [1.29, 1.82) is 0 Å². The Bertz CT molecular complexity index is 1050. The maximum absolute atomic E-state index is 11.6. The molecule has 0 radical (unpaired) electrons. The van der Waals surface area contributed by atoms with E-state index in [9.17, 15) is 4.79 Å². The first kappa shape index (κ1) is 21.8. The van der Waals surface area contributed by atoms with Crippen LogP contribution in [0, 0.1) is 6.92 Å². The van der Waals surface area contributed by atoms with Gasteiger partial charge in [0, 0.05) is 5.56 Å². The number of carbonyl (C=O) groups excluding carboxylic acids is 1. The maximum Gasteiger partial charge on any atom is 0.403 e. The monoisotopic (exact) mass is 424 g/mol. The van der Waals surface area contributed by atoms with Gasteiger partial charge >= 0.3 is 12.0 Å². The summed E-state index contributed by atoms with van der Waals surface area (Å²) in [5.74, 6) is 0.154. The first-order chi connectivity index (χ1) is 14.0. The van der Waals surface area contributed by atoms with E-state index < -0.39 is 8.32 Å². The highest BCUT2D eigenvalue weighted by atomic mass is 28.4. The Morgan fingerprint density at radius 2 is 1.67 bits per heavy atom. The summed E-state index contributed by atoms with van der Waals surface area (Å²) in [7, 11) is -0.667. The van der Waals surface area contributed by atoms with Gasteiger partial charge in [0.2, 0.25) is 5.82 Å². The Morgan fingerprint density at radius 3 is 2.23 bits per heavy atom. The van der Waals surface area contributed by atoms with Gasteiger partial charge in [0.25, 0.3) is 8.32 Å². The number of carbonyl (C=O) groups is 1. The fourth-order valence-electron chi connectivity index (χ4n) is 2.77. The van der Waals surface area contributed by atoms with Gasteiger partial charge in [0.1, 0.15) is 0 Å². The van der Waals surface area contributed by atoms with Crippen LogP contribution in [0.3, 0.4) is 0 Å². The third-order valence-corrected chi connectivity index (χ3v) is 9.95. The van der Waals surface area contributed by atoms with E-state index in [1.165, 1.54) is 7.11 Å². The quantitative estimate of drug-likeness (QED) is 0.376. The van der Waals surface area contributed by atoms with Crippen molar-refractivity contribution >= 4 is 14.3 Å². The molecular formula is C23H28N2O4Si. The molecule has 0 bridgehead atoms. The van der Waals surface area contributed by atoms with Crippen molar-refractivity contribution in [3.05, 3.63) is 53.6 Å². The molecule has 0 fully saturated rings. The van der Waals surface area contributed by atoms with E-state index in [4.69, 9.17) is 13.7 Å². The number of methoxy groups -OCH3 is 1. The molecular weight excluding hydrogens is 396 g/mol. The molecule has 0 amide bonds. The second-order valence-electron chi connectivity index (χ2n) is 8.84. The molecule has 0 N–H and O–H groups in total. The minimum Gasteiger partial charge on any atom is -0.503 e. The number of aryl methyl sites for hydroxylation is 1. The third kappa shape index (κ3) is 4.46. The van der Waals surface area contributed by atoms with Crippen molar-refractivity contribution in [2.75, 3.05) is 7.11 Å². The smallest absolute Gasteiger partial charge is 0.403 e. The lowest BCUT2D eigenvalue weighted by atomic mass is 9.97. The Kier molecular flexibility index (Phi) is 5.85. The molecule has 0 atom stereocenters. The van der Waals surface area contributed by atoms with Gasteiger partial charge in [-0.05, 0) is 59.9 Å². The molecule has 6 nitrogen and oxygen atoms in total. The van der Waals surface area contributed by atoms with Crippen LogP contribution < -0.4 is 4.43 Å². The van der Waals surface area contributed by atoms with Crippen LogP contribution in [0.5, 0.6) is 6.08 Å². The Balaban J connectivity index is 1.82. The topological polar surface area (TPSA) is 74.5 Å². The molecule has 2 aromatic carbocycles. The predicted octanol–water partition coefficient (Wildman–Crippen LogP) is 5.88. The van der Waals surface area contributed by atoms with Gasteiger partial charge in [-0.2, -0.15) is 4.98 Å². The lowest BCUT2D eigenvalue weighted by molar-refractivity contribution is 0.0600. The molecule has 0 aliphatic carbocycles.